The molecule has 0 bridgehead atoms. The van der Waals surface area contributed by atoms with Gasteiger partial charge < -0.3 is 9.47 Å². The van der Waals surface area contributed by atoms with Gasteiger partial charge in [-0.25, -0.2) is 0 Å². The molecule has 1 aromatic rings. The fraction of sp³-hybridized carbons (Fsp3) is 0.444. The molecule has 1 atom stereocenters. The number of benzene rings is 1. The van der Waals surface area contributed by atoms with E-state index >= 15 is 0 Å². The minimum Gasteiger partial charge on any atom is -0.488 e. The highest BCUT2D eigenvalue weighted by Crippen LogP contribution is 2.19. The third-order valence-electron chi connectivity index (χ3n) is 2.84. The van der Waals surface area contributed by atoms with Gasteiger partial charge in [0.15, 0.2) is 0 Å². The standard InChI is InChI=1S/C18H24N2O3/c1-5-12-22-17(21)16(20-11-10-19)13-14-6-8-15(9-7-14)23-18(2,3)4/h5-9,16,20H,1,11-13H2,2-4H3/t16-/m0/s1. The molecule has 0 aliphatic carbocycles. The van der Waals surface area contributed by atoms with Crippen molar-refractivity contribution in [3.05, 3.63) is 42.5 Å². The Labute approximate surface area is 137 Å². The number of nitrogens with zero attached hydrogens (tertiary/aromatic N) is 1. The third kappa shape index (κ3) is 7.48. The second-order valence-electron chi connectivity index (χ2n) is 6.07. The zero-order valence-electron chi connectivity index (χ0n) is 14.0. The van der Waals surface area contributed by atoms with Crippen LogP contribution in [0.25, 0.3) is 0 Å². The summed E-state index contributed by atoms with van der Waals surface area (Å²) in [6.45, 7) is 9.70. The van der Waals surface area contributed by atoms with Gasteiger partial charge in [-0.15, -0.1) is 0 Å². The molecule has 0 aliphatic heterocycles. The lowest BCUT2D eigenvalue weighted by atomic mass is 10.1. The Bertz CT molecular complexity index is 553. The Morgan fingerprint density at radius 1 is 1.39 bits per heavy atom. The van der Waals surface area contributed by atoms with Crippen LogP contribution in [0.1, 0.15) is 26.3 Å². The minimum absolute atomic E-state index is 0.0824. The molecule has 0 amide bonds. The number of rotatable bonds is 8. The van der Waals surface area contributed by atoms with Gasteiger partial charge in [-0.2, -0.15) is 5.26 Å². The van der Waals surface area contributed by atoms with Crippen LogP contribution in [0.2, 0.25) is 0 Å². The summed E-state index contributed by atoms with van der Waals surface area (Å²) < 4.78 is 10.8. The Balaban J connectivity index is 2.72. The molecule has 0 fully saturated rings. The van der Waals surface area contributed by atoms with Crippen LogP contribution in [0.15, 0.2) is 36.9 Å². The summed E-state index contributed by atoms with van der Waals surface area (Å²) in [6.07, 6.45) is 1.95. The van der Waals surface area contributed by atoms with Gasteiger partial charge >= 0.3 is 5.97 Å². The maximum atomic E-state index is 12.0. The van der Waals surface area contributed by atoms with E-state index in [1.807, 2.05) is 51.1 Å². The average Bonchev–Trinajstić information content (AvgIpc) is 2.49. The predicted octanol–water partition coefficient (Wildman–Crippen LogP) is 2.62. The minimum atomic E-state index is -0.566. The second kappa shape index (κ2) is 8.96. The van der Waals surface area contributed by atoms with E-state index in [0.717, 1.165) is 11.3 Å². The molecule has 1 N–H and O–H groups in total. The van der Waals surface area contributed by atoms with Crippen molar-refractivity contribution in [3.8, 4) is 11.8 Å². The van der Waals surface area contributed by atoms with E-state index in [0.29, 0.717) is 6.42 Å². The molecule has 0 aromatic heterocycles. The number of esters is 1. The van der Waals surface area contributed by atoms with Crippen LogP contribution in [-0.4, -0.2) is 30.8 Å². The van der Waals surface area contributed by atoms with E-state index in [-0.39, 0.29) is 18.8 Å². The third-order valence-corrected chi connectivity index (χ3v) is 2.84. The van der Waals surface area contributed by atoms with E-state index in [9.17, 15) is 4.79 Å². The highest BCUT2D eigenvalue weighted by Gasteiger charge is 2.20. The first kappa shape index (κ1) is 18.7. The number of nitrogens with one attached hydrogen (secondary N) is 1. The van der Waals surface area contributed by atoms with Crippen molar-refractivity contribution in [1.82, 2.24) is 5.32 Å². The molecular formula is C18H24N2O3. The summed E-state index contributed by atoms with van der Waals surface area (Å²) in [7, 11) is 0. The molecule has 0 saturated carbocycles. The average molecular weight is 316 g/mol. The molecule has 1 rings (SSSR count). The Hall–Kier alpha value is -2.32. The van der Waals surface area contributed by atoms with Crippen molar-refractivity contribution >= 4 is 5.97 Å². The number of hydrogen-bond donors (Lipinski definition) is 1. The Morgan fingerprint density at radius 3 is 2.57 bits per heavy atom. The van der Waals surface area contributed by atoms with E-state index in [1.54, 1.807) is 0 Å². The zero-order chi connectivity index (χ0) is 17.3. The normalized spacial score (nSPS) is 12.1. The van der Waals surface area contributed by atoms with Crippen molar-refractivity contribution in [3.63, 3.8) is 0 Å². The highest BCUT2D eigenvalue weighted by molar-refractivity contribution is 5.76. The second-order valence-corrected chi connectivity index (χ2v) is 6.07. The summed E-state index contributed by atoms with van der Waals surface area (Å²) in [5.74, 6) is 0.382. The van der Waals surface area contributed by atoms with Crippen LogP contribution in [-0.2, 0) is 16.0 Å². The van der Waals surface area contributed by atoms with Crippen LogP contribution < -0.4 is 10.1 Å². The van der Waals surface area contributed by atoms with Crippen LogP contribution in [0.3, 0.4) is 0 Å². The summed E-state index contributed by atoms with van der Waals surface area (Å²) in [5.41, 5.74) is 0.699. The van der Waals surface area contributed by atoms with Crippen molar-refractivity contribution in [2.75, 3.05) is 13.2 Å². The van der Waals surface area contributed by atoms with Crippen molar-refractivity contribution < 1.29 is 14.3 Å². The van der Waals surface area contributed by atoms with Crippen molar-refractivity contribution in [1.29, 1.82) is 5.26 Å². The summed E-state index contributed by atoms with van der Waals surface area (Å²) in [4.78, 5) is 12.0. The van der Waals surface area contributed by atoms with Gasteiger partial charge in [0.1, 0.15) is 24.0 Å². The number of hydrogen-bond acceptors (Lipinski definition) is 5. The first-order valence-corrected chi connectivity index (χ1v) is 7.51. The van der Waals surface area contributed by atoms with Gasteiger partial charge in [0, 0.05) is 0 Å². The molecule has 0 spiro atoms. The van der Waals surface area contributed by atoms with Crippen LogP contribution in [0.4, 0.5) is 0 Å². The fourth-order valence-electron chi connectivity index (χ4n) is 1.93. The number of nitriles is 1. The lowest BCUT2D eigenvalue weighted by Crippen LogP contribution is -2.40. The zero-order valence-corrected chi connectivity index (χ0v) is 14.0. The van der Waals surface area contributed by atoms with Gasteiger partial charge in [-0.3, -0.25) is 10.1 Å². The van der Waals surface area contributed by atoms with Crippen molar-refractivity contribution in [2.24, 2.45) is 0 Å². The van der Waals surface area contributed by atoms with Crippen LogP contribution in [0, 0.1) is 11.3 Å². The van der Waals surface area contributed by atoms with Gasteiger partial charge in [-0.05, 0) is 44.9 Å². The van der Waals surface area contributed by atoms with Gasteiger partial charge in [0.05, 0.1) is 12.6 Å². The molecule has 0 saturated heterocycles. The fourth-order valence-corrected chi connectivity index (χ4v) is 1.93. The molecule has 23 heavy (non-hydrogen) atoms. The monoisotopic (exact) mass is 316 g/mol. The van der Waals surface area contributed by atoms with E-state index in [1.165, 1.54) is 6.08 Å². The first-order chi connectivity index (χ1) is 10.9. The van der Waals surface area contributed by atoms with Crippen LogP contribution in [0.5, 0.6) is 5.75 Å². The molecule has 0 radical (unpaired) electrons. The molecule has 5 nitrogen and oxygen atoms in total. The van der Waals surface area contributed by atoms with E-state index in [2.05, 4.69) is 11.9 Å². The molecule has 0 heterocycles. The van der Waals surface area contributed by atoms with E-state index in [4.69, 9.17) is 14.7 Å². The molecule has 124 valence electrons. The first-order valence-electron chi connectivity index (χ1n) is 7.51. The van der Waals surface area contributed by atoms with Crippen LogP contribution >= 0.6 is 0 Å². The summed E-state index contributed by atoms with van der Waals surface area (Å²) >= 11 is 0. The Kier molecular flexibility index (Phi) is 7.30. The lowest BCUT2D eigenvalue weighted by molar-refractivity contribution is -0.144. The highest BCUT2D eigenvalue weighted by atomic mass is 16.5. The number of ether oxygens (including phenoxy) is 2. The largest absolute Gasteiger partial charge is 0.488 e. The molecule has 5 heteroatoms. The lowest BCUT2D eigenvalue weighted by Gasteiger charge is -2.21. The number of carbonyl (C=O) groups excluding carboxylic acids is 1. The van der Waals surface area contributed by atoms with Gasteiger partial charge in [0.2, 0.25) is 0 Å². The smallest absolute Gasteiger partial charge is 0.323 e. The van der Waals surface area contributed by atoms with E-state index < -0.39 is 12.0 Å². The van der Waals surface area contributed by atoms with Gasteiger partial charge in [-0.1, -0.05) is 24.8 Å². The SMILES string of the molecule is C=CCOC(=O)[C@H](Cc1ccc(OC(C)(C)C)cc1)NCC#N. The predicted molar refractivity (Wildman–Crippen MR) is 89.1 cm³/mol. The van der Waals surface area contributed by atoms with Crippen molar-refractivity contribution in [2.45, 2.75) is 38.8 Å². The Morgan fingerprint density at radius 2 is 2.04 bits per heavy atom. The number of carbonyl (C=O) groups is 1. The van der Waals surface area contributed by atoms with Gasteiger partial charge in [0.25, 0.3) is 0 Å². The molecule has 1 aromatic carbocycles. The quantitative estimate of drug-likeness (QED) is 0.453. The summed E-state index contributed by atoms with van der Waals surface area (Å²) in [5, 5.41) is 11.6. The topological polar surface area (TPSA) is 71.3 Å². The maximum Gasteiger partial charge on any atom is 0.323 e. The molecule has 0 unspecified atom stereocenters. The maximum absolute atomic E-state index is 12.0. The molecular weight excluding hydrogens is 292 g/mol. The molecule has 0 aliphatic rings. The summed E-state index contributed by atoms with van der Waals surface area (Å²) in [6, 6.07) is 8.96.